The van der Waals surface area contributed by atoms with E-state index >= 15 is 0 Å². The van der Waals surface area contributed by atoms with Gasteiger partial charge < -0.3 is 4.74 Å². The highest BCUT2D eigenvalue weighted by molar-refractivity contribution is 5.75. The smallest absolute Gasteiger partial charge is 0.309 e. The molecule has 0 aromatic heterocycles. The summed E-state index contributed by atoms with van der Waals surface area (Å²) >= 11 is 0. The lowest BCUT2D eigenvalue weighted by Crippen LogP contribution is -2.18. The Morgan fingerprint density at radius 3 is 3.27 bits per heavy atom. The SMILES string of the molecule is CC1=CC[C@@H]2COC(=O)[C@@H]2C1. The lowest BCUT2D eigenvalue weighted by Gasteiger charge is -2.18. The number of hydrogen-bond acceptors (Lipinski definition) is 2. The van der Waals surface area contributed by atoms with Crippen molar-refractivity contribution in [2.24, 2.45) is 11.8 Å². The molecule has 0 amide bonds. The predicted molar refractivity (Wildman–Crippen MR) is 40.9 cm³/mol. The summed E-state index contributed by atoms with van der Waals surface area (Å²) in [6, 6.07) is 0. The lowest BCUT2D eigenvalue weighted by molar-refractivity contribution is -0.141. The molecule has 1 fully saturated rings. The first-order valence-corrected chi connectivity index (χ1v) is 4.09. The van der Waals surface area contributed by atoms with Crippen molar-refractivity contribution in [3.8, 4) is 0 Å². The summed E-state index contributed by atoms with van der Waals surface area (Å²) in [6.45, 7) is 2.73. The van der Waals surface area contributed by atoms with Gasteiger partial charge in [-0.05, 0) is 19.8 Å². The molecule has 0 aromatic rings. The average Bonchev–Trinajstić information content (AvgIpc) is 2.33. The standard InChI is InChI=1S/C9H12O2/c1-6-2-3-7-5-11-9(10)8(7)4-6/h2,7-8H,3-5H2,1H3/t7-,8-/m1/s1. The Morgan fingerprint density at radius 1 is 1.64 bits per heavy atom. The van der Waals surface area contributed by atoms with Crippen molar-refractivity contribution in [3.05, 3.63) is 11.6 Å². The van der Waals surface area contributed by atoms with Gasteiger partial charge in [-0.2, -0.15) is 0 Å². The normalized spacial score (nSPS) is 36.1. The molecule has 2 heteroatoms. The lowest BCUT2D eigenvalue weighted by atomic mass is 9.82. The monoisotopic (exact) mass is 152 g/mol. The molecule has 1 aliphatic carbocycles. The Balaban J connectivity index is 2.17. The van der Waals surface area contributed by atoms with Gasteiger partial charge in [-0.25, -0.2) is 0 Å². The van der Waals surface area contributed by atoms with E-state index in [9.17, 15) is 4.79 Å². The van der Waals surface area contributed by atoms with Crippen LogP contribution >= 0.6 is 0 Å². The van der Waals surface area contributed by atoms with Crippen LogP contribution in [0.3, 0.4) is 0 Å². The topological polar surface area (TPSA) is 26.3 Å². The number of cyclic esters (lactones) is 1. The van der Waals surface area contributed by atoms with Crippen molar-refractivity contribution >= 4 is 5.97 Å². The molecule has 0 N–H and O–H groups in total. The van der Waals surface area contributed by atoms with Crippen LogP contribution in [-0.2, 0) is 9.53 Å². The predicted octanol–water partition coefficient (Wildman–Crippen LogP) is 1.52. The number of carbonyl (C=O) groups is 1. The zero-order valence-corrected chi connectivity index (χ0v) is 6.67. The second-order valence-electron chi connectivity index (χ2n) is 3.49. The quantitative estimate of drug-likeness (QED) is 0.388. The van der Waals surface area contributed by atoms with Gasteiger partial charge in [0.2, 0.25) is 0 Å². The molecule has 1 saturated heterocycles. The molecule has 11 heavy (non-hydrogen) atoms. The van der Waals surface area contributed by atoms with Gasteiger partial charge >= 0.3 is 5.97 Å². The molecule has 2 aliphatic rings. The minimum Gasteiger partial charge on any atom is -0.465 e. The second kappa shape index (κ2) is 2.36. The number of allylic oxidation sites excluding steroid dienone is 2. The summed E-state index contributed by atoms with van der Waals surface area (Å²) in [5, 5.41) is 0. The zero-order chi connectivity index (χ0) is 7.84. The first kappa shape index (κ1) is 6.89. The van der Waals surface area contributed by atoms with Gasteiger partial charge in [0, 0.05) is 5.92 Å². The van der Waals surface area contributed by atoms with E-state index in [-0.39, 0.29) is 11.9 Å². The van der Waals surface area contributed by atoms with E-state index in [0.29, 0.717) is 12.5 Å². The summed E-state index contributed by atoms with van der Waals surface area (Å²) in [7, 11) is 0. The number of esters is 1. The molecule has 0 saturated carbocycles. The van der Waals surface area contributed by atoms with Crippen LogP contribution in [0.25, 0.3) is 0 Å². The second-order valence-corrected chi connectivity index (χ2v) is 3.49. The van der Waals surface area contributed by atoms with Gasteiger partial charge in [-0.3, -0.25) is 4.79 Å². The molecule has 60 valence electrons. The van der Waals surface area contributed by atoms with E-state index < -0.39 is 0 Å². The number of ether oxygens (including phenoxy) is 1. The molecule has 2 nitrogen and oxygen atoms in total. The van der Waals surface area contributed by atoms with Gasteiger partial charge in [-0.1, -0.05) is 11.6 Å². The molecule has 1 aliphatic heterocycles. The largest absolute Gasteiger partial charge is 0.465 e. The fourth-order valence-electron chi connectivity index (χ4n) is 1.87. The summed E-state index contributed by atoms with van der Waals surface area (Å²) in [5.41, 5.74) is 1.34. The van der Waals surface area contributed by atoms with Crippen molar-refractivity contribution in [3.63, 3.8) is 0 Å². The van der Waals surface area contributed by atoms with Crippen LogP contribution < -0.4 is 0 Å². The summed E-state index contributed by atoms with van der Waals surface area (Å²) in [6.07, 6.45) is 4.18. The van der Waals surface area contributed by atoms with Crippen LogP contribution in [0.15, 0.2) is 11.6 Å². The number of fused-ring (bicyclic) bond motifs is 1. The van der Waals surface area contributed by atoms with Crippen LogP contribution in [0, 0.1) is 11.8 Å². The van der Waals surface area contributed by atoms with Crippen LogP contribution in [0.4, 0.5) is 0 Å². The van der Waals surface area contributed by atoms with Crippen LogP contribution in [-0.4, -0.2) is 12.6 Å². The zero-order valence-electron chi connectivity index (χ0n) is 6.67. The van der Waals surface area contributed by atoms with Gasteiger partial charge in [0.05, 0.1) is 12.5 Å². The first-order valence-electron chi connectivity index (χ1n) is 4.09. The highest BCUT2D eigenvalue weighted by Gasteiger charge is 2.37. The number of hydrogen-bond donors (Lipinski definition) is 0. The fraction of sp³-hybridized carbons (Fsp3) is 0.667. The summed E-state index contributed by atoms with van der Waals surface area (Å²) in [4.78, 5) is 11.1. The van der Waals surface area contributed by atoms with Gasteiger partial charge in [-0.15, -0.1) is 0 Å². The van der Waals surface area contributed by atoms with Crippen molar-refractivity contribution in [2.75, 3.05) is 6.61 Å². The molecular weight excluding hydrogens is 140 g/mol. The fourth-order valence-corrected chi connectivity index (χ4v) is 1.87. The van der Waals surface area contributed by atoms with Crippen LogP contribution in [0.1, 0.15) is 19.8 Å². The third-order valence-corrected chi connectivity index (χ3v) is 2.62. The minimum atomic E-state index is 0.0162. The average molecular weight is 152 g/mol. The first-order chi connectivity index (χ1) is 5.27. The van der Waals surface area contributed by atoms with E-state index in [4.69, 9.17) is 4.74 Å². The van der Waals surface area contributed by atoms with Crippen molar-refractivity contribution in [2.45, 2.75) is 19.8 Å². The Morgan fingerprint density at radius 2 is 2.45 bits per heavy atom. The van der Waals surface area contributed by atoms with Gasteiger partial charge in [0.15, 0.2) is 0 Å². The molecule has 0 unspecified atom stereocenters. The third kappa shape index (κ3) is 1.06. The maximum absolute atomic E-state index is 11.1. The van der Waals surface area contributed by atoms with E-state index in [2.05, 4.69) is 13.0 Å². The van der Waals surface area contributed by atoms with Crippen molar-refractivity contribution in [1.29, 1.82) is 0 Å². The summed E-state index contributed by atoms with van der Waals surface area (Å²) < 4.78 is 4.98. The molecular formula is C9H12O2. The van der Waals surface area contributed by atoms with E-state index in [0.717, 1.165) is 12.8 Å². The molecule has 1 heterocycles. The molecule has 0 bridgehead atoms. The van der Waals surface area contributed by atoms with Crippen LogP contribution in [0.2, 0.25) is 0 Å². The third-order valence-electron chi connectivity index (χ3n) is 2.62. The molecule has 2 atom stereocenters. The molecule has 0 aromatic carbocycles. The van der Waals surface area contributed by atoms with E-state index in [1.54, 1.807) is 0 Å². The maximum Gasteiger partial charge on any atom is 0.309 e. The van der Waals surface area contributed by atoms with Gasteiger partial charge in [0.25, 0.3) is 0 Å². The van der Waals surface area contributed by atoms with E-state index in [1.807, 2.05) is 0 Å². The molecule has 2 rings (SSSR count). The van der Waals surface area contributed by atoms with Crippen LogP contribution in [0.5, 0.6) is 0 Å². The van der Waals surface area contributed by atoms with Crippen molar-refractivity contribution < 1.29 is 9.53 Å². The Labute approximate surface area is 66.2 Å². The Bertz CT molecular complexity index is 218. The number of carbonyl (C=O) groups excluding carboxylic acids is 1. The molecule has 0 radical (unpaired) electrons. The highest BCUT2D eigenvalue weighted by Crippen LogP contribution is 2.34. The van der Waals surface area contributed by atoms with E-state index in [1.165, 1.54) is 5.57 Å². The maximum atomic E-state index is 11.1. The Kier molecular flexibility index (Phi) is 1.48. The van der Waals surface area contributed by atoms with Crippen molar-refractivity contribution in [1.82, 2.24) is 0 Å². The summed E-state index contributed by atoms with van der Waals surface area (Å²) in [5.74, 6) is 0.675. The Hall–Kier alpha value is -0.790. The van der Waals surface area contributed by atoms with Gasteiger partial charge in [0.1, 0.15) is 0 Å². The number of rotatable bonds is 0. The molecule has 0 spiro atoms. The highest BCUT2D eigenvalue weighted by atomic mass is 16.5. The minimum absolute atomic E-state index is 0.0162.